The molecule has 0 aromatic heterocycles. The Kier molecular flexibility index (Phi) is 8.71. The molecule has 0 aromatic rings. The quantitative estimate of drug-likeness (QED) is 0.219. The van der Waals surface area contributed by atoms with Crippen molar-refractivity contribution in [3.63, 3.8) is 0 Å². The zero-order chi connectivity index (χ0) is 32.8. The second-order valence-corrected chi connectivity index (χ2v) is 16.1. The van der Waals surface area contributed by atoms with Gasteiger partial charge < -0.3 is 49.2 Å². The smallest absolute Gasteiger partial charge is 0.331 e. The van der Waals surface area contributed by atoms with Crippen molar-refractivity contribution >= 4 is 5.97 Å². The number of hydrogen-bond donors (Lipinski definition) is 5. The summed E-state index contributed by atoms with van der Waals surface area (Å²) in [5.74, 6) is 0.294. The van der Waals surface area contributed by atoms with Gasteiger partial charge >= 0.3 is 5.97 Å². The van der Waals surface area contributed by atoms with Gasteiger partial charge in [0.25, 0.3) is 0 Å². The Morgan fingerprint density at radius 3 is 2.24 bits per heavy atom. The fraction of sp³-hybridized carbons (Fsp3) is 0.914. The van der Waals surface area contributed by atoms with Crippen LogP contribution in [0.4, 0.5) is 0 Å². The molecule has 0 aromatic carbocycles. The van der Waals surface area contributed by atoms with E-state index in [1.807, 2.05) is 13.8 Å². The van der Waals surface area contributed by atoms with Crippen LogP contribution in [0.25, 0.3) is 0 Å². The molecule has 5 N–H and O–H groups in total. The summed E-state index contributed by atoms with van der Waals surface area (Å²) in [5.41, 5.74) is -0.819. The summed E-state index contributed by atoms with van der Waals surface area (Å²) in [7, 11) is 0. The van der Waals surface area contributed by atoms with Gasteiger partial charge in [-0.3, -0.25) is 0 Å². The molecule has 11 nitrogen and oxygen atoms in total. The largest absolute Gasteiger partial charge is 0.458 e. The monoisotopic (exact) mass is 650 g/mol. The Labute approximate surface area is 271 Å². The number of rotatable bonds is 5. The maximum absolute atomic E-state index is 12.5. The maximum Gasteiger partial charge on any atom is 0.331 e. The van der Waals surface area contributed by atoms with Crippen LogP contribution < -0.4 is 0 Å². The molecule has 3 heterocycles. The van der Waals surface area contributed by atoms with Crippen LogP contribution in [0, 0.1) is 34.5 Å². The lowest BCUT2D eigenvalue weighted by Crippen LogP contribution is -2.67. The van der Waals surface area contributed by atoms with Gasteiger partial charge in [-0.25, -0.2) is 4.79 Å². The fourth-order valence-electron chi connectivity index (χ4n) is 11.3. The lowest BCUT2D eigenvalue weighted by Gasteiger charge is -2.65. The number of aliphatic hydroxyl groups is 5. The van der Waals surface area contributed by atoms with Crippen LogP contribution in [0.1, 0.15) is 91.9 Å². The Balaban J connectivity index is 0.976. The minimum atomic E-state index is -0.993. The second-order valence-electron chi connectivity index (χ2n) is 16.1. The molecular formula is C35H54O11. The summed E-state index contributed by atoms with van der Waals surface area (Å²) in [5, 5.41) is 55.4. The van der Waals surface area contributed by atoms with Gasteiger partial charge in [0.15, 0.2) is 12.6 Å². The van der Waals surface area contributed by atoms with Gasteiger partial charge in [-0.2, -0.15) is 0 Å². The van der Waals surface area contributed by atoms with Crippen LogP contribution >= 0.6 is 0 Å². The number of hydrogen-bond acceptors (Lipinski definition) is 11. The maximum atomic E-state index is 12.5. The minimum absolute atomic E-state index is 0.0137. The number of fused-ring (bicyclic) bond motifs is 5. The molecular weight excluding hydrogens is 596 g/mol. The van der Waals surface area contributed by atoms with E-state index in [4.69, 9.17) is 23.7 Å². The molecule has 6 fully saturated rings. The summed E-state index contributed by atoms with van der Waals surface area (Å²) >= 11 is 0. The molecule has 17 atom stereocenters. The third kappa shape index (κ3) is 5.22. The van der Waals surface area contributed by atoms with Crippen LogP contribution in [0.5, 0.6) is 0 Å². The number of ether oxygens (including phenoxy) is 5. The van der Waals surface area contributed by atoms with Crippen LogP contribution in [0.2, 0.25) is 0 Å². The van der Waals surface area contributed by atoms with Gasteiger partial charge in [-0.1, -0.05) is 13.8 Å². The first-order chi connectivity index (χ1) is 21.7. The van der Waals surface area contributed by atoms with E-state index in [9.17, 15) is 30.3 Å². The third-order valence-corrected chi connectivity index (χ3v) is 14.0. The van der Waals surface area contributed by atoms with E-state index in [0.717, 1.165) is 44.1 Å². The zero-order valence-electron chi connectivity index (χ0n) is 27.6. The van der Waals surface area contributed by atoms with Crippen LogP contribution in [0.15, 0.2) is 11.6 Å². The van der Waals surface area contributed by atoms with E-state index in [1.165, 1.54) is 0 Å². The van der Waals surface area contributed by atoms with Gasteiger partial charge in [0, 0.05) is 24.3 Å². The standard InChI is InChI=1S/C35H54O11/c1-17-31(40)25(36)14-30(43-17)46-32-18(2)44-29(15-26(32)37)45-21-7-9-33(3)20(12-21)5-6-23-24(33)13-27(38)34(4)22(8-10-35(23,34)41)19-11-28(39)42-16-19/h11,17-18,20-27,29-32,36-38,40-41H,5-10,12-16H2,1-4H3/t17?,18?,20-,21+,22-,23-,24+,25?,26?,27-,29?,30?,31?,32?,33+,34+,35+/m0/s1. The lowest BCUT2D eigenvalue weighted by atomic mass is 9.42. The van der Waals surface area contributed by atoms with Crippen molar-refractivity contribution in [2.24, 2.45) is 34.5 Å². The highest BCUT2D eigenvalue weighted by Gasteiger charge is 2.70. The molecule has 4 aliphatic carbocycles. The van der Waals surface area contributed by atoms with Gasteiger partial charge in [0.1, 0.15) is 18.8 Å². The fourth-order valence-corrected chi connectivity index (χ4v) is 11.3. The molecule has 4 saturated carbocycles. The number of carbonyl (C=O) groups is 1. The van der Waals surface area contributed by atoms with E-state index < -0.39 is 66.3 Å². The topological polar surface area (TPSA) is 164 Å². The van der Waals surface area contributed by atoms with Crippen molar-refractivity contribution in [3.05, 3.63) is 11.6 Å². The zero-order valence-corrected chi connectivity index (χ0v) is 27.6. The first kappa shape index (κ1) is 33.4. The number of aliphatic hydroxyl groups excluding tert-OH is 4. The van der Waals surface area contributed by atoms with E-state index in [0.29, 0.717) is 18.8 Å². The average molecular weight is 651 g/mol. The highest BCUT2D eigenvalue weighted by molar-refractivity contribution is 5.85. The Hall–Kier alpha value is -1.15. The predicted molar refractivity (Wildman–Crippen MR) is 163 cm³/mol. The third-order valence-electron chi connectivity index (χ3n) is 14.0. The number of carbonyl (C=O) groups excluding carboxylic acids is 1. The van der Waals surface area contributed by atoms with Gasteiger partial charge in [0.2, 0.25) is 0 Å². The Morgan fingerprint density at radius 1 is 0.826 bits per heavy atom. The first-order valence-electron chi connectivity index (χ1n) is 17.7. The molecule has 260 valence electrons. The van der Waals surface area contributed by atoms with Crippen molar-refractivity contribution in [1.29, 1.82) is 0 Å². The number of esters is 1. The minimum Gasteiger partial charge on any atom is -0.458 e. The normalized spacial score (nSPS) is 55.6. The number of cyclic esters (lactones) is 1. The first-order valence-corrected chi connectivity index (χ1v) is 17.7. The molecule has 8 unspecified atom stereocenters. The molecule has 2 saturated heterocycles. The van der Waals surface area contributed by atoms with E-state index in [2.05, 4.69) is 6.92 Å². The van der Waals surface area contributed by atoms with Gasteiger partial charge in [0.05, 0.1) is 42.2 Å². The van der Waals surface area contributed by atoms with Crippen molar-refractivity contribution in [3.8, 4) is 0 Å². The molecule has 0 amide bonds. The summed E-state index contributed by atoms with van der Waals surface area (Å²) < 4.78 is 29.7. The molecule has 7 rings (SSSR count). The van der Waals surface area contributed by atoms with Crippen molar-refractivity contribution in [2.45, 2.75) is 159 Å². The Bertz CT molecular complexity index is 1170. The predicted octanol–water partition coefficient (Wildman–Crippen LogP) is 2.34. The van der Waals surface area contributed by atoms with Crippen LogP contribution in [0.3, 0.4) is 0 Å². The van der Waals surface area contributed by atoms with E-state index in [-0.39, 0.29) is 54.7 Å². The summed E-state index contributed by atoms with van der Waals surface area (Å²) in [6.45, 7) is 8.18. The SMILES string of the molecule is CC1OC(OC2C(O)CC(O[C@@H]3CC[C@]4(C)[C@@H](CC[C@H]5[C@H]4C[C@H](O)[C@@]4(C)[C@H](C6=CC(=O)OC6)CC[C@@]54O)C3)OC2C)CC(O)C1O. The second kappa shape index (κ2) is 12.0. The molecule has 0 bridgehead atoms. The van der Waals surface area contributed by atoms with Gasteiger partial charge in [-0.15, -0.1) is 0 Å². The molecule has 0 radical (unpaired) electrons. The van der Waals surface area contributed by atoms with Crippen molar-refractivity contribution in [1.82, 2.24) is 0 Å². The van der Waals surface area contributed by atoms with Crippen LogP contribution in [-0.2, 0) is 28.5 Å². The average Bonchev–Trinajstić information content (AvgIpc) is 3.55. The highest BCUT2D eigenvalue weighted by Crippen LogP contribution is 2.70. The molecule has 7 aliphatic rings. The summed E-state index contributed by atoms with van der Waals surface area (Å²) in [6.07, 6.45) is 2.09. The molecule has 0 spiro atoms. The van der Waals surface area contributed by atoms with Crippen molar-refractivity contribution < 1.29 is 54.0 Å². The molecule has 11 heteroatoms. The van der Waals surface area contributed by atoms with Gasteiger partial charge in [-0.05, 0) is 99.9 Å². The molecule has 3 aliphatic heterocycles. The van der Waals surface area contributed by atoms with E-state index >= 15 is 0 Å². The van der Waals surface area contributed by atoms with Crippen LogP contribution in [-0.4, -0.2) is 105 Å². The Morgan fingerprint density at radius 2 is 1.54 bits per heavy atom. The van der Waals surface area contributed by atoms with Crippen molar-refractivity contribution in [2.75, 3.05) is 6.61 Å². The summed E-state index contributed by atoms with van der Waals surface area (Å²) in [6, 6.07) is 0. The summed E-state index contributed by atoms with van der Waals surface area (Å²) in [4.78, 5) is 11.9. The highest BCUT2D eigenvalue weighted by atomic mass is 16.7. The lowest BCUT2D eigenvalue weighted by molar-refractivity contribution is -0.318. The van der Waals surface area contributed by atoms with E-state index in [1.54, 1.807) is 13.0 Å². The molecule has 46 heavy (non-hydrogen) atoms.